The van der Waals surface area contributed by atoms with Crippen molar-refractivity contribution in [3.63, 3.8) is 0 Å². The van der Waals surface area contributed by atoms with Crippen molar-refractivity contribution in [2.75, 3.05) is 0 Å². The number of halogens is 2. The highest BCUT2D eigenvalue weighted by atomic mass is 19.1. The molecule has 1 nitrogen and oxygen atoms in total. The summed E-state index contributed by atoms with van der Waals surface area (Å²) in [5, 5.41) is 0. The molecule has 2 N–H and O–H groups in total. The Morgan fingerprint density at radius 2 is 1.74 bits per heavy atom. The summed E-state index contributed by atoms with van der Waals surface area (Å²) in [6, 6.07) is 11.9. The molecule has 1 unspecified atom stereocenters. The maximum Gasteiger partial charge on any atom is 0.130 e. The first-order chi connectivity index (χ1) is 9.08. The highest BCUT2D eigenvalue weighted by Gasteiger charge is 2.14. The standard InChI is InChI=1S/C16H17F2N/c1-11-9-13(15(18)10-14(11)17)16(19)8-7-12-5-3-2-4-6-12/h2-6,9-10,16H,7-8,19H2,1H3. The molecule has 0 aromatic heterocycles. The second kappa shape index (κ2) is 5.93. The summed E-state index contributed by atoms with van der Waals surface area (Å²) in [6.07, 6.45) is 1.41. The zero-order valence-electron chi connectivity index (χ0n) is 10.9. The predicted molar refractivity (Wildman–Crippen MR) is 72.8 cm³/mol. The van der Waals surface area contributed by atoms with Crippen LogP contribution in [0.5, 0.6) is 0 Å². The van der Waals surface area contributed by atoms with Crippen molar-refractivity contribution < 1.29 is 8.78 Å². The molecule has 0 radical (unpaired) electrons. The van der Waals surface area contributed by atoms with E-state index in [2.05, 4.69) is 0 Å². The van der Waals surface area contributed by atoms with Crippen LogP contribution in [0.3, 0.4) is 0 Å². The van der Waals surface area contributed by atoms with Crippen LogP contribution in [0.2, 0.25) is 0 Å². The Bertz CT molecular complexity index is 552. The second-order valence-electron chi connectivity index (χ2n) is 4.75. The summed E-state index contributed by atoms with van der Waals surface area (Å²) in [7, 11) is 0. The lowest BCUT2D eigenvalue weighted by Gasteiger charge is -2.14. The Labute approximate surface area is 112 Å². The van der Waals surface area contributed by atoms with E-state index in [1.807, 2.05) is 30.3 Å². The van der Waals surface area contributed by atoms with E-state index in [0.29, 0.717) is 17.5 Å². The minimum atomic E-state index is -0.566. The van der Waals surface area contributed by atoms with Crippen LogP contribution in [0, 0.1) is 18.6 Å². The zero-order valence-corrected chi connectivity index (χ0v) is 10.9. The molecule has 0 spiro atoms. The van der Waals surface area contributed by atoms with Crippen molar-refractivity contribution in [1.29, 1.82) is 0 Å². The number of rotatable bonds is 4. The van der Waals surface area contributed by atoms with Gasteiger partial charge in [0.15, 0.2) is 0 Å². The van der Waals surface area contributed by atoms with Crippen molar-refractivity contribution in [3.05, 3.63) is 70.8 Å². The Kier molecular flexibility index (Phi) is 4.27. The Hall–Kier alpha value is -1.74. The molecule has 0 saturated carbocycles. The monoisotopic (exact) mass is 261 g/mol. The molecule has 1 atom stereocenters. The molecule has 0 aliphatic heterocycles. The van der Waals surface area contributed by atoms with Crippen LogP contribution in [0.1, 0.15) is 29.2 Å². The first-order valence-corrected chi connectivity index (χ1v) is 6.33. The van der Waals surface area contributed by atoms with Crippen molar-refractivity contribution in [2.45, 2.75) is 25.8 Å². The normalized spacial score (nSPS) is 12.4. The van der Waals surface area contributed by atoms with Gasteiger partial charge in [-0.1, -0.05) is 30.3 Å². The Morgan fingerprint density at radius 1 is 1.05 bits per heavy atom. The average Bonchev–Trinajstić information content (AvgIpc) is 2.41. The molecule has 0 aliphatic rings. The predicted octanol–water partition coefficient (Wildman–Crippen LogP) is 3.91. The highest BCUT2D eigenvalue weighted by Crippen LogP contribution is 2.22. The maximum atomic E-state index is 13.7. The van der Waals surface area contributed by atoms with E-state index in [4.69, 9.17) is 5.73 Å². The molecule has 2 aromatic carbocycles. The number of hydrogen-bond donors (Lipinski definition) is 1. The number of aryl methyl sites for hydroxylation is 2. The van der Waals surface area contributed by atoms with Gasteiger partial charge in [-0.05, 0) is 37.0 Å². The molecule has 100 valence electrons. The summed E-state index contributed by atoms with van der Waals surface area (Å²) >= 11 is 0. The molecule has 2 aromatic rings. The van der Waals surface area contributed by atoms with Gasteiger partial charge in [0.05, 0.1) is 0 Å². The van der Waals surface area contributed by atoms with Gasteiger partial charge in [-0.2, -0.15) is 0 Å². The third kappa shape index (κ3) is 3.38. The molecular weight excluding hydrogens is 244 g/mol. The summed E-state index contributed by atoms with van der Waals surface area (Å²) in [4.78, 5) is 0. The van der Waals surface area contributed by atoms with Gasteiger partial charge >= 0.3 is 0 Å². The minimum absolute atomic E-state index is 0.384. The van der Waals surface area contributed by atoms with E-state index in [1.165, 1.54) is 6.07 Å². The van der Waals surface area contributed by atoms with Crippen LogP contribution >= 0.6 is 0 Å². The molecule has 0 fully saturated rings. The SMILES string of the molecule is Cc1cc(C(N)CCc2ccccc2)c(F)cc1F. The average molecular weight is 261 g/mol. The second-order valence-corrected chi connectivity index (χ2v) is 4.75. The molecule has 0 bridgehead atoms. The van der Waals surface area contributed by atoms with Gasteiger partial charge in [0.2, 0.25) is 0 Å². The zero-order chi connectivity index (χ0) is 13.8. The van der Waals surface area contributed by atoms with Crippen molar-refractivity contribution >= 4 is 0 Å². The molecule has 2 rings (SSSR count). The molecule has 0 amide bonds. The van der Waals surface area contributed by atoms with Gasteiger partial charge in [-0.3, -0.25) is 0 Å². The van der Waals surface area contributed by atoms with Gasteiger partial charge < -0.3 is 5.73 Å². The lowest BCUT2D eigenvalue weighted by molar-refractivity contribution is 0.540. The fourth-order valence-electron chi connectivity index (χ4n) is 2.09. The molecule has 0 aliphatic carbocycles. The van der Waals surface area contributed by atoms with Crippen molar-refractivity contribution in [1.82, 2.24) is 0 Å². The van der Waals surface area contributed by atoms with E-state index in [0.717, 1.165) is 18.1 Å². The van der Waals surface area contributed by atoms with Crippen molar-refractivity contribution in [2.24, 2.45) is 5.73 Å². The fourth-order valence-corrected chi connectivity index (χ4v) is 2.09. The van der Waals surface area contributed by atoms with E-state index >= 15 is 0 Å². The van der Waals surface area contributed by atoms with Crippen molar-refractivity contribution in [3.8, 4) is 0 Å². The third-order valence-corrected chi connectivity index (χ3v) is 3.26. The lowest BCUT2D eigenvalue weighted by Crippen LogP contribution is -2.14. The first-order valence-electron chi connectivity index (χ1n) is 6.33. The molecular formula is C16H17F2N. The van der Waals surface area contributed by atoms with Gasteiger partial charge in [-0.15, -0.1) is 0 Å². The van der Waals surface area contributed by atoms with Crippen LogP contribution in [-0.4, -0.2) is 0 Å². The van der Waals surface area contributed by atoms with Gasteiger partial charge in [0.25, 0.3) is 0 Å². The van der Waals surface area contributed by atoms with Crippen LogP contribution in [-0.2, 0) is 6.42 Å². The fraction of sp³-hybridized carbons (Fsp3) is 0.250. The summed E-state index contributed by atoms with van der Waals surface area (Å²) in [5.41, 5.74) is 7.97. The quantitative estimate of drug-likeness (QED) is 0.887. The first kappa shape index (κ1) is 13.7. The summed E-state index contributed by atoms with van der Waals surface area (Å²) in [5.74, 6) is -1.10. The van der Waals surface area contributed by atoms with E-state index in [9.17, 15) is 8.78 Å². The molecule has 0 heterocycles. The van der Waals surface area contributed by atoms with Crippen LogP contribution in [0.15, 0.2) is 42.5 Å². The lowest BCUT2D eigenvalue weighted by atomic mass is 9.98. The summed E-state index contributed by atoms with van der Waals surface area (Å²) in [6.45, 7) is 1.61. The highest BCUT2D eigenvalue weighted by molar-refractivity contribution is 5.28. The van der Waals surface area contributed by atoms with Crippen LogP contribution in [0.4, 0.5) is 8.78 Å². The van der Waals surface area contributed by atoms with Crippen LogP contribution < -0.4 is 5.73 Å². The third-order valence-electron chi connectivity index (χ3n) is 3.26. The van der Waals surface area contributed by atoms with Gasteiger partial charge in [-0.25, -0.2) is 8.78 Å². The topological polar surface area (TPSA) is 26.0 Å². The maximum absolute atomic E-state index is 13.7. The smallest absolute Gasteiger partial charge is 0.130 e. The van der Waals surface area contributed by atoms with Crippen LogP contribution in [0.25, 0.3) is 0 Å². The molecule has 0 saturated heterocycles. The Balaban J connectivity index is 2.08. The Morgan fingerprint density at radius 3 is 2.42 bits per heavy atom. The van der Waals surface area contributed by atoms with E-state index in [-0.39, 0.29) is 0 Å². The molecule has 3 heteroatoms. The van der Waals surface area contributed by atoms with E-state index < -0.39 is 17.7 Å². The number of nitrogens with two attached hydrogens (primary N) is 1. The number of benzene rings is 2. The number of hydrogen-bond acceptors (Lipinski definition) is 1. The summed E-state index contributed by atoms with van der Waals surface area (Å²) < 4.78 is 26.9. The van der Waals surface area contributed by atoms with Gasteiger partial charge in [0.1, 0.15) is 11.6 Å². The largest absolute Gasteiger partial charge is 0.324 e. The minimum Gasteiger partial charge on any atom is -0.324 e. The van der Waals surface area contributed by atoms with Gasteiger partial charge in [0, 0.05) is 17.7 Å². The van der Waals surface area contributed by atoms with E-state index in [1.54, 1.807) is 6.92 Å². The molecule has 19 heavy (non-hydrogen) atoms.